The first-order valence-corrected chi connectivity index (χ1v) is 7.90. The third-order valence-electron chi connectivity index (χ3n) is 3.92. The second kappa shape index (κ2) is 6.60. The fourth-order valence-electron chi connectivity index (χ4n) is 2.67. The Morgan fingerprint density at radius 3 is 2.96 bits per heavy atom. The minimum Gasteiger partial charge on any atom is -0.292 e. The molecule has 4 rings (SSSR count). The Morgan fingerprint density at radius 1 is 1.16 bits per heavy atom. The van der Waals surface area contributed by atoms with Crippen LogP contribution in [-0.2, 0) is 13.0 Å². The van der Waals surface area contributed by atoms with Crippen LogP contribution in [0.4, 0.5) is 0 Å². The van der Waals surface area contributed by atoms with Crippen LogP contribution in [0.5, 0.6) is 0 Å². The normalized spacial score (nSPS) is 11.0. The molecule has 0 spiro atoms. The van der Waals surface area contributed by atoms with Crippen molar-refractivity contribution in [2.24, 2.45) is 0 Å². The van der Waals surface area contributed by atoms with Gasteiger partial charge in [0.15, 0.2) is 5.78 Å². The number of ketones is 1. The van der Waals surface area contributed by atoms with Crippen LogP contribution in [0, 0.1) is 0 Å². The predicted molar refractivity (Wildman–Crippen MR) is 89.9 cm³/mol. The number of nitrogens with zero attached hydrogens (tertiary/aromatic N) is 6. The van der Waals surface area contributed by atoms with Gasteiger partial charge in [-0.3, -0.25) is 9.89 Å². The lowest BCUT2D eigenvalue weighted by atomic mass is 10.1. The number of nitrogens with one attached hydrogen (secondary N) is 1. The van der Waals surface area contributed by atoms with Crippen molar-refractivity contribution in [2.75, 3.05) is 0 Å². The van der Waals surface area contributed by atoms with E-state index in [-0.39, 0.29) is 5.78 Å². The first-order chi connectivity index (χ1) is 12.3. The molecular weight excluding hydrogens is 318 g/mol. The summed E-state index contributed by atoms with van der Waals surface area (Å²) in [4.78, 5) is 12.4. The molecule has 0 saturated carbocycles. The van der Waals surface area contributed by atoms with Crippen LogP contribution in [0.15, 0.2) is 48.9 Å². The number of hydrogen-bond acceptors (Lipinski definition) is 6. The Morgan fingerprint density at radius 2 is 2.08 bits per heavy atom. The van der Waals surface area contributed by atoms with Crippen LogP contribution in [0.1, 0.15) is 28.2 Å². The van der Waals surface area contributed by atoms with E-state index in [1.807, 2.05) is 36.5 Å². The van der Waals surface area contributed by atoms with Crippen molar-refractivity contribution in [3.8, 4) is 0 Å². The molecule has 0 aliphatic rings. The predicted octanol–water partition coefficient (Wildman–Crippen LogP) is 1.81. The summed E-state index contributed by atoms with van der Waals surface area (Å²) in [5, 5.41) is 23.7. The third-order valence-corrected chi connectivity index (χ3v) is 3.92. The summed E-state index contributed by atoms with van der Waals surface area (Å²) in [7, 11) is 0. The molecule has 0 radical (unpaired) electrons. The maximum atomic E-state index is 12.4. The van der Waals surface area contributed by atoms with Crippen molar-refractivity contribution >= 4 is 16.7 Å². The number of benzene rings is 1. The number of carbonyl (C=O) groups is 1. The van der Waals surface area contributed by atoms with Gasteiger partial charge >= 0.3 is 0 Å². The van der Waals surface area contributed by atoms with Crippen LogP contribution in [0.2, 0.25) is 0 Å². The van der Waals surface area contributed by atoms with Gasteiger partial charge in [0.25, 0.3) is 0 Å². The number of aromatic nitrogens is 7. The number of para-hydroxylation sites is 1. The molecule has 8 heteroatoms. The van der Waals surface area contributed by atoms with Gasteiger partial charge in [0.1, 0.15) is 5.69 Å². The number of carbonyl (C=O) groups excluding carboxylic acids is 1. The fourth-order valence-corrected chi connectivity index (χ4v) is 2.67. The van der Waals surface area contributed by atoms with E-state index in [4.69, 9.17) is 0 Å². The van der Waals surface area contributed by atoms with Gasteiger partial charge in [-0.05, 0) is 17.7 Å². The molecule has 0 amide bonds. The van der Waals surface area contributed by atoms with E-state index >= 15 is 0 Å². The summed E-state index contributed by atoms with van der Waals surface area (Å²) < 4.78 is 1.72. The highest BCUT2D eigenvalue weighted by atomic mass is 16.1. The SMILES string of the molecule is O=C(CCc1cn(Cc2ccnnc2)nn1)c1n[nH]c2ccccc12. The molecule has 0 aliphatic carbocycles. The molecule has 0 bridgehead atoms. The van der Waals surface area contributed by atoms with Crippen molar-refractivity contribution in [3.63, 3.8) is 0 Å². The summed E-state index contributed by atoms with van der Waals surface area (Å²) in [6.45, 7) is 0.570. The molecule has 1 N–H and O–H groups in total. The lowest BCUT2D eigenvalue weighted by Crippen LogP contribution is -2.03. The van der Waals surface area contributed by atoms with Gasteiger partial charge in [-0.2, -0.15) is 15.3 Å². The molecule has 3 aromatic heterocycles. The Hall–Kier alpha value is -3.42. The summed E-state index contributed by atoms with van der Waals surface area (Å²) >= 11 is 0. The maximum absolute atomic E-state index is 12.4. The van der Waals surface area contributed by atoms with E-state index in [9.17, 15) is 4.79 Å². The third kappa shape index (κ3) is 3.27. The second-order valence-electron chi connectivity index (χ2n) is 5.70. The zero-order valence-corrected chi connectivity index (χ0v) is 13.3. The Balaban J connectivity index is 1.41. The quantitative estimate of drug-likeness (QED) is 0.540. The van der Waals surface area contributed by atoms with Crippen LogP contribution in [-0.4, -0.2) is 41.2 Å². The molecule has 0 aliphatic heterocycles. The average molecular weight is 333 g/mol. The van der Waals surface area contributed by atoms with E-state index in [1.54, 1.807) is 17.1 Å². The van der Waals surface area contributed by atoms with Crippen LogP contribution < -0.4 is 0 Å². The molecule has 0 unspecified atom stereocenters. The molecule has 3 heterocycles. The number of aromatic amines is 1. The first kappa shape index (κ1) is 15.1. The summed E-state index contributed by atoms with van der Waals surface area (Å²) in [5.41, 5.74) is 3.11. The smallest absolute Gasteiger partial charge is 0.184 e. The van der Waals surface area contributed by atoms with E-state index in [0.29, 0.717) is 25.1 Å². The first-order valence-electron chi connectivity index (χ1n) is 7.90. The topological polar surface area (TPSA) is 102 Å². The van der Waals surface area contributed by atoms with Crippen LogP contribution >= 0.6 is 0 Å². The lowest BCUT2D eigenvalue weighted by Gasteiger charge is -1.98. The van der Waals surface area contributed by atoms with Crippen LogP contribution in [0.3, 0.4) is 0 Å². The van der Waals surface area contributed by atoms with Gasteiger partial charge in [0.05, 0.1) is 24.0 Å². The van der Waals surface area contributed by atoms with Crippen molar-refractivity contribution < 1.29 is 4.79 Å². The van der Waals surface area contributed by atoms with Crippen molar-refractivity contribution in [2.45, 2.75) is 19.4 Å². The minimum atomic E-state index is -0.00895. The molecule has 0 atom stereocenters. The summed E-state index contributed by atoms with van der Waals surface area (Å²) in [6.07, 6.45) is 6.03. The lowest BCUT2D eigenvalue weighted by molar-refractivity contribution is 0.0979. The zero-order valence-electron chi connectivity index (χ0n) is 13.3. The van der Waals surface area contributed by atoms with Crippen molar-refractivity contribution in [3.05, 3.63) is 65.9 Å². The summed E-state index contributed by atoms with van der Waals surface area (Å²) in [6, 6.07) is 9.48. The van der Waals surface area contributed by atoms with Crippen LogP contribution in [0.25, 0.3) is 10.9 Å². The fraction of sp³-hybridized carbons (Fsp3) is 0.176. The number of Topliss-reactive ketones (excluding diaryl/α,β-unsaturated/α-hetero) is 1. The average Bonchev–Trinajstić information content (AvgIpc) is 3.27. The van der Waals surface area contributed by atoms with E-state index in [2.05, 4.69) is 30.7 Å². The molecule has 1 aromatic carbocycles. The van der Waals surface area contributed by atoms with Crippen molar-refractivity contribution in [1.29, 1.82) is 0 Å². The van der Waals surface area contributed by atoms with E-state index in [1.165, 1.54) is 0 Å². The Kier molecular flexibility index (Phi) is 3.99. The molecular formula is C17H15N7O. The Labute approximate surface area is 142 Å². The van der Waals surface area contributed by atoms with Gasteiger partial charge in [-0.15, -0.1) is 5.10 Å². The zero-order chi connectivity index (χ0) is 17.1. The largest absolute Gasteiger partial charge is 0.292 e. The summed E-state index contributed by atoms with van der Waals surface area (Å²) in [5.74, 6) is -0.00895. The highest BCUT2D eigenvalue weighted by Gasteiger charge is 2.14. The number of hydrogen-bond donors (Lipinski definition) is 1. The molecule has 0 fully saturated rings. The highest BCUT2D eigenvalue weighted by molar-refractivity contribution is 6.05. The van der Waals surface area contributed by atoms with Gasteiger partial charge in [-0.25, -0.2) is 4.68 Å². The monoisotopic (exact) mass is 333 g/mol. The van der Waals surface area contributed by atoms with Gasteiger partial charge < -0.3 is 0 Å². The molecule has 124 valence electrons. The standard InChI is InChI=1S/C17H15N7O/c25-16(17-14-3-1-2-4-15(14)21-22-17)6-5-13-11-24(23-20-13)10-12-7-8-18-19-9-12/h1-4,7-9,11H,5-6,10H2,(H,21,22). The molecule has 8 nitrogen and oxygen atoms in total. The van der Waals surface area contributed by atoms with Gasteiger partial charge in [0, 0.05) is 30.6 Å². The number of rotatable bonds is 6. The second-order valence-corrected chi connectivity index (χ2v) is 5.70. The van der Waals surface area contributed by atoms with E-state index in [0.717, 1.165) is 22.2 Å². The molecule has 4 aromatic rings. The number of aryl methyl sites for hydroxylation is 1. The number of H-pyrrole nitrogens is 1. The number of fused-ring (bicyclic) bond motifs is 1. The highest BCUT2D eigenvalue weighted by Crippen LogP contribution is 2.17. The van der Waals surface area contributed by atoms with Gasteiger partial charge in [0.2, 0.25) is 0 Å². The molecule has 0 saturated heterocycles. The van der Waals surface area contributed by atoms with E-state index < -0.39 is 0 Å². The maximum Gasteiger partial charge on any atom is 0.184 e. The molecule has 25 heavy (non-hydrogen) atoms. The Bertz CT molecular complexity index is 1010. The minimum absolute atomic E-state index is 0.00895. The van der Waals surface area contributed by atoms with Gasteiger partial charge in [-0.1, -0.05) is 23.4 Å². The van der Waals surface area contributed by atoms with Crippen molar-refractivity contribution in [1.82, 2.24) is 35.4 Å².